The van der Waals surface area contributed by atoms with E-state index in [0.717, 1.165) is 57.4 Å². The van der Waals surface area contributed by atoms with Gasteiger partial charge in [0.2, 0.25) is 0 Å². The van der Waals surface area contributed by atoms with E-state index in [9.17, 15) is 4.79 Å². The quantitative estimate of drug-likeness (QED) is 0.401. The number of para-hydroxylation sites is 1. The van der Waals surface area contributed by atoms with Gasteiger partial charge < -0.3 is 9.64 Å². The number of hydrogen-bond donors (Lipinski definition) is 0. The maximum absolute atomic E-state index is 12.3. The van der Waals surface area contributed by atoms with Crippen LogP contribution in [0.5, 0.6) is 0 Å². The van der Waals surface area contributed by atoms with Crippen LogP contribution in [-0.4, -0.2) is 45.2 Å². The molecule has 5 rings (SSSR count). The molecule has 1 aliphatic rings. The molecule has 0 spiro atoms. The van der Waals surface area contributed by atoms with Crippen molar-refractivity contribution in [2.45, 2.75) is 19.8 Å². The standard InChI is InChI=1S/C23H22BrN5O2/c1-2-31-23(30)16-7-5-9-28(13-16)22-19(24)14-29-21(27-22)18(12-26-29)17-10-15-6-3-4-8-20(15)25-11-17/h3-4,6,8,10-12,14,16H,2,5,7,9,13H2,1H3. The number of hydrogen-bond acceptors (Lipinski definition) is 6. The lowest BCUT2D eigenvalue weighted by molar-refractivity contribution is -0.148. The van der Waals surface area contributed by atoms with Crippen LogP contribution in [0, 0.1) is 5.92 Å². The zero-order chi connectivity index (χ0) is 21.4. The lowest BCUT2D eigenvalue weighted by atomic mass is 9.98. The Balaban J connectivity index is 1.53. The Bertz CT molecular complexity index is 1270. The number of aromatic nitrogens is 4. The molecule has 0 saturated carbocycles. The number of benzene rings is 1. The zero-order valence-corrected chi connectivity index (χ0v) is 18.7. The molecule has 1 atom stereocenters. The first-order valence-corrected chi connectivity index (χ1v) is 11.2. The van der Waals surface area contributed by atoms with E-state index in [1.807, 2.05) is 43.7 Å². The van der Waals surface area contributed by atoms with Crippen molar-refractivity contribution in [2.75, 3.05) is 24.6 Å². The van der Waals surface area contributed by atoms with E-state index in [1.165, 1.54) is 0 Å². The monoisotopic (exact) mass is 479 g/mol. The molecule has 1 aliphatic heterocycles. The molecule has 0 aliphatic carbocycles. The van der Waals surface area contributed by atoms with Crippen molar-refractivity contribution in [1.29, 1.82) is 0 Å². The van der Waals surface area contributed by atoms with Gasteiger partial charge in [0.05, 0.1) is 28.7 Å². The van der Waals surface area contributed by atoms with Gasteiger partial charge in [0, 0.05) is 42.0 Å². The minimum Gasteiger partial charge on any atom is -0.466 e. The van der Waals surface area contributed by atoms with Gasteiger partial charge in [-0.2, -0.15) is 5.10 Å². The Morgan fingerprint density at radius 3 is 3.03 bits per heavy atom. The van der Waals surface area contributed by atoms with Gasteiger partial charge >= 0.3 is 5.97 Å². The molecule has 4 heterocycles. The molecule has 8 heteroatoms. The second kappa shape index (κ2) is 8.26. The lowest BCUT2D eigenvalue weighted by Gasteiger charge is -2.32. The number of ether oxygens (including phenoxy) is 1. The van der Waals surface area contributed by atoms with Crippen LogP contribution in [0.2, 0.25) is 0 Å². The summed E-state index contributed by atoms with van der Waals surface area (Å²) in [6.07, 6.45) is 7.37. The summed E-state index contributed by atoms with van der Waals surface area (Å²) in [6, 6.07) is 10.2. The number of esters is 1. The Hall–Kier alpha value is -3.00. The molecule has 1 aromatic carbocycles. The van der Waals surface area contributed by atoms with Gasteiger partial charge in [-0.1, -0.05) is 18.2 Å². The molecule has 31 heavy (non-hydrogen) atoms. The fourth-order valence-corrected chi connectivity index (χ4v) is 4.68. The second-order valence-corrected chi connectivity index (χ2v) is 8.55. The number of halogens is 1. The molecule has 1 fully saturated rings. The minimum atomic E-state index is -0.132. The van der Waals surface area contributed by atoms with Crippen LogP contribution in [0.15, 0.2) is 53.4 Å². The summed E-state index contributed by atoms with van der Waals surface area (Å²) in [5, 5.41) is 5.57. The summed E-state index contributed by atoms with van der Waals surface area (Å²) in [5.74, 6) is 0.557. The molecule has 3 aromatic heterocycles. The SMILES string of the molecule is CCOC(=O)C1CCCN(c2nc3c(-c4cnc5ccccc5c4)cnn3cc2Br)C1. The van der Waals surface area contributed by atoms with Gasteiger partial charge in [-0.05, 0) is 47.8 Å². The molecular formula is C23H22BrN5O2. The lowest BCUT2D eigenvalue weighted by Crippen LogP contribution is -2.40. The first-order chi connectivity index (χ1) is 15.1. The van der Waals surface area contributed by atoms with E-state index in [1.54, 1.807) is 4.52 Å². The van der Waals surface area contributed by atoms with Crippen molar-refractivity contribution in [2.24, 2.45) is 5.92 Å². The number of anilines is 1. The number of nitrogens with zero attached hydrogens (tertiary/aromatic N) is 5. The molecule has 0 amide bonds. The number of carbonyl (C=O) groups excluding carboxylic acids is 1. The number of pyridine rings is 1. The number of carbonyl (C=O) groups is 1. The Labute approximate surface area is 188 Å². The van der Waals surface area contributed by atoms with E-state index in [-0.39, 0.29) is 11.9 Å². The van der Waals surface area contributed by atoms with Crippen LogP contribution in [0.25, 0.3) is 27.7 Å². The normalized spacial score (nSPS) is 16.7. The highest BCUT2D eigenvalue weighted by atomic mass is 79.9. The molecule has 1 saturated heterocycles. The number of fused-ring (bicyclic) bond motifs is 2. The predicted molar refractivity (Wildman–Crippen MR) is 123 cm³/mol. The number of rotatable bonds is 4. The van der Waals surface area contributed by atoms with E-state index < -0.39 is 0 Å². The van der Waals surface area contributed by atoms with E-state index in [0.29, 0.717) is 13.2 Å². The molecule has 0 radical (unpaired) electrons. The topological polar surface area (TPSA) is 72.6 Å². The zero-order valence-electron chi connectivity index (χ0n) is 17.2. The molecule has 7 nitrogen and oxygen atoms in total. The minimum absolute atomic E-state index is 0.128. The second-order valence-electron chi connectivity index (χ2n) is 7.69. The highest BCUT2D eigenvalue weighted by molar-refractivity contribution is 9.10. The molecular weight excluding hydrogens is 458 g/mol. The smallest absolute Gasteiger partial charge is 0.310 e. The van der Waals surface area contributed by atoms with Crippen LogP contribution in [0.4, 0.5) is 5.82 Å². The molecule has 0 bridgehead atoms. The highest BCUT2D eigenvalue weighted by Gasteiger charge is 2.29. The summed E-state index contributed by atoms with van der Waals surface area (Å²) in [4.78, 5) is 24.0. The maximum atomic E-state index is 12.3. The molecule has 1 unspecified atom stereocenters. The molecule has 4 aromatic rings. The summed E-state index contributed by atoms with van der Waals surface area (Å²) < 4.78 is 7.86. The average molecular weight is 480 g/mol. The van der Waals surface area contributed by atoms with Crippen molar-refractivity contribution in [3.8, 4) is 11.1 Å². The third-order valence-corrected chi connectivity index (χ3v) is 6.23. The van der Waals surface area contributed by atoms with Crippen molar-refractivity contribution in [3.05, 3.63) is 53.4 Å². The van der Waals surface area contributed by atoms with Crippen LogP contribution < -0.4 is 4.90 Å². The number of piperidine rings is 1. The van der Waals surface area contributed by atoms with Gasteiger partial charge in [0.15, 0.2) is 5.65 Å². The van der Waals surface area contributed by atoms with Crippen molar-refractivity contribution in [3.63, 3.8) is 0 Å². The molecule has 0 N–H and O–H groups in total. The summed E-state index contributed by atoms with van der Waals surface area (Å²) in [6.45, 7) is 3.69. The summed E-state index contributed by atoms with van der Waals surface area (Å²) in [5.41, 5.74) is 3.61. The fourth-order valence-electron chi connectivity index (χ4n) is 4.15. The van der Waals surface area contributed by atoms with Crippen molar-refractivity contribution in [1.82, 2.24) is 19.6 Å². The van der Waals surface area contributed by atoms with E-state index in [4.69, 9.17) is 9.72 Å². The van der Waals surface area contributed by atoms with Crippen LogP contribution >= 0.6 is 15.9 Å². The first kappa shape index (κ1) is 19.9. The van der Waals surface area contributed by atoms with Gasteiger partial charge in [-0.25, -0.2) is 9.50 Å². The fraction of sp³-hybridized carbons (Fsp3) is 0.304. The van der Waals surface area contributed by atoms with Crippen LogP contribution in [-0.2, 0) is 9.53 Å². The third kappa shape index (κ3) is 3.76. The van der Waals surface area contributed by atoms with Gasteiger partial charge in [0.25, 0.3) is 0 Å². The maximum Gasteiger partial charge on any atom is 0.310 e. The summed E-state index contributed by atoms with van der Waals surface area (Å²) in [7, 11) is 0. The first-order valence-electron chi connectivity index (χ1n) is 10.4. The average Bonchev–Trinajstić information content (AvgIpc) is 3.21. The Morgan fingerprint density at radius 2 is 2.16 bits per heavy atom. The largest absolute Gasteiger partial charge is 0.466 e. The van der Waals surface area contributed by atoms with Crippen LogP contribution in [0.1, 0.15) is 19.8 Å². The van der Waals surface area contributed by atoms with Gasteiger partial charge in [-0.15, -0.1) is 0 Å². The van der Waals surface area contributed by atoms with Crippen LogP contribution in [0.3, 0.4) is 0 Å². The van der Waals surface area contributed by atoms with Gasteiger partial charge in [-0.3, -0.25) is 9.78 Å². The highest BCUT2D eigenvalue weighted by Crippen LogP contribution is 2.32. The third-order valence-electron chi connectivity index (χ3n) is 5.67. The predicted octanol–water partition coefficient (Wildman–Crippen LogP) is 4.49. The van der Waals surface area contributed by atoms with Crippen molar-refractivity contribution >= 4 is 44.3 Å². The van der Waals surface area contributed by atoms with Gasteiger partial charge in [0.1, 0.15) is 5.82 Å². The van der Waals surface area contributed by atoms with Crippen molar-refractivity contribution < 1.29 is 9.53 Å². The Morgan fingerprint density at radius 1 is 1.29 bits per heavy atom. The Kier molecular flexibility index (Phi) is 5.31. The van der Waals surface area contributed by atoms with E-state index in [2.05, 4.69) is 43.0 Å². The molecule has 158 valence electrons. The summed E-state index contributed by atoms with van der Waals surface area (Å²) >= 11 is 3.65. The van der Waals surface area contributed by atoms with E-state index >= 15 is 0 Å².